The van der Waals surface area contributed by atoms with Gasteiger partial charge in [-0.2, -0.15) is 0 Å². The molecule has 1 heterocycles. The van der Waals surface area contributed by atoms with E-state index in [9.17, 15) is 4.39 Å². The summed E-state index contributed by atoms with van der Waals surface area (Å²) in [4.78, 5) is 2.29. The number of likely N-dealkylation sites (N-methyl/N-ethyl adjacent to an activating group) is 1. The van der Waals surface area contributed by atoms with Crippen LogP contribution >= 0.6 is 0 Å². The van der Waals surface area contributed by atoms with Crippen molar-refractivity contribution in [2.24, 2.45) is 0 Å². The predicted molar refractivity (Wildman–Crippen MR) is 61.6 cm³/mol. The molecule has 4 heteroatoms. The van der Waals surface area contributed by atoms with E-state index in [1.54, 1.807) is 6.07 Å². The number of ether oxygens (including phenoxy) is 1. The molecule has 1 atom stereocenters. The highest BCUT2D eigenvalue weighted by Gasteiger charge is 2.21. The lowest BCUT2D eigenvalue weighted by Gasteiger charge is -2.32. The maximum absolute atomic E-state index is 13.3. The van der Waals surface area contributed by atoms with Gasteiger partial charge in [0.1, 0.15) is 5.82 Å². The van der Waals surface area contributed by atoms with Crippen LogP contribution in [0.5, 0.6) is 0 Å². The van der Waals surface area contributed by atoms with Gasteiger partial charge in [0.2, 0.25) is 0 Å². The number of hydrogen-bond acceptors (Lipinski definition) is 3. The number of benzene rings is 1. The van der Waals surface area contributed by atoms with Gasteiger partial charge >= 0.3 is 0 Å². The number of rotatable bonds is 2. The third-order valence-electron chi connectivity index (χ3n) is 2.99. The Balaban J connectivity index is 2.13. The minimum Gasteiger partial charge on any atom is -0.396 e. The lowest BCUT2D eigenvalue weighted by atomic mass is 10.1. The number of morpholine rings is 1. The van der Waals surface area contributed by atoms with Gasteiger partial charge in [0.05, 0.1) is 18.4 Å². The molecule has 0 saturated carbocycles. The molecule has 0 aromatic heterocycles. The van der Waals surface area contributed by atoms with Crippen LogP contribution in [0.4, 0.5) is 10.1 Å². The van der Waals surface area contributed by atoms with Crippen molar-refractivity contribution in [3.63, 3.8) is 0 Å². The average Bonchev–Trinajstić information content (AvgIpc) is 2.33. The molecule has 16 heavy (non-hydrogen) atoms. The fourth-order valence-corrected chi connectivity index (χ4v) is 1.94. The van der Waals surface area contributed by atoms with E-state index in [0.717, 1.165) is 25.2 Å². The Morgan fingerprint density at radius 1 is 1.56 bits per heavy atom. The van der Waals surface area contributed by atoms with Crippen LogP contribution < -0.4 is 5.73 Å². The molecule has 2 N–H and O–H groups in total. The summed E-state index contributed by atoms with van der Waals surface area (Å²) in [6, 6.07) is 4.90. The summed E-state index contributed by atoms with van der Waals surface area (Å²) < 4.78 is 19.0. The Morgan fingerprint density at radius 2 is 2.38 bits per heavy atom. The Morgan fingerprint density at radius 3 is 3.06 bits per heavy atom. The number of nitrogen functional groups attached to an aromatic ring is 1. The van der Waals surface area contributed by atoms with Crippen LogP contribution in [-0.4, -0.2) is 31.1 Å². The van der Waals surface area contributed by atoms with Gasteiger partial charge in [-0.1, -0.05) is 13.0 Å². The molecule has 0 amide bonds. The Bertz CT molecular complexity index is 370. The lowest BCUT2D eigenvalue weighted by molar-refractivity contribution is -0.0282. The number of hydrogen-bond donors (Lipinski definition) is 1. The number of anilines is 1. The molecule has 1 unspecified atom stereocenters. The molecule has 1 aliphatic heterocycles. The highest BCUT2D eigenvalue weighted by atomic mass is 19.1. The number of halogens is 1. The van der Waals surface area contributed by atoms with Crippen molar-refractivity contribution in [3.05, 3.63) is 29.6 Å². The molecule has 0 aliphatic carbocycles. The summed E-state index contributed by atoms with van der Waals surface area (Å²) in [5.41, 5.74) is 6.50. The van der Waals surface area contributed by atoms with E-state index in [1.807, 2.05) is 6.07 Å². The van der Waals surface area contributed by atoms with Gasteiger partial charge < -0.3 is 10.5 Å². The molecule has 0 spiro atoms. The van der Waals surface area contributed by atoms with Crippen LogP contribution in [0.25, 0.3) is 0 Å². The van der Waals surface area contributed by atoms with E-state index in [2.05, 4.69) is 11.8 Å². The van der Waals surface area contributed by atoms with E-state index in [-0.39, 0.29) is 17.6 Å². The van der Waals surface area contributed by atoms with Gasteiger partial charge in [-0.15, -0.1) is 0 Å². The molecule has 2 rings (SSSR count). The zero-order valence-corrected chi connectivity index (χ0v) is 9.45. The topological polar surface area (TPSA) is 38.5 Å². The van der Waals surface area contributed by atoms with Crippen molar-refractivity contribution in [2.75, 3.05) is 32.0 Å². The first-order valence-electron chi connectivity index (χ1n) is 5.59. The summed E-state index contributed by atoms with van der Waals surface area (Å²) in [5.74, 6) is -0.366. The molecular weight excluding hydrogens is 207 g/mol. The third-order valence-corrected chi connectivity index (χ3v) is 2.99. The quantitative estimate of drug-likeness (QED) is 0.778. The van der Waals surface area contributed by atoms with Crippen molar-refractivity contribution in [3.8, 4) is 0 Å². The summed E-state index contributed by atoms with van der Waals surface area (Å²) >= 11 is 0. The minimum absolute atomic E-state index is 0.0381. The van der Waals surface area contributed by atoms with E-state index >= 15 is 0 Å². The Hall–Kier alpha value is -1.13. The second-order valence-electron chi connectivity index (χ2n) is 4.03. The maximum Gasteiger partial charge on any atom is 0.146 e. The van der Waals surface area contributed by atoms with Gasteiger partial charge in [-0.05, 0) is 24.2 Å². The lowest BCUT2D eigenvalue weighted by Crippen LogP contribution is -2.38. The maximum atomic E-state index is 13.3. The van der Waals surface area contributed by atoms with Gasteiger partial charge in [0, 0.05) is 13.1 Å². The number of nitrogens with zero attached hydrogens (tertiary/aromatic N) is 1. The summed E-state index contributed by atoms with van der Waals surface area (Å²) in [5, 5.41) is 0. The molecule has 88 valence electrons. The second kappa shape index (κ2) is 4.80. The largest absolute Gasteiger partial charge is 0.396 e. The molecule has 1 fully saturated rings. The summed E-state index contributed by atoms with van der Waals surface area (Å²) in [6.45, 7) is 5.58. The molecule has 1 aromatic carbocycles. The van der Waals surface area contributed by atoms with Crippen LogP contribution in [0, 0.1) is 5.82 Å². The molecule has 0 radical (unpaired) electrons. The van der Waals surface area contributed by atoms with Crippen molar-refractivity contribution in [1.82, 2.24) is 4.90 Å². The molecule has 1 aromatic rings. The van der Waals surface area contributed by atoms with Crippen LogP contribution in [0.15, 0.2) is 18.2 Å². The zero-order valence-electron chi connectivity index (χ0n) is 9.45. The monoisotopic (exact) mass is 224 g/mol. The SMILES string of the molecule is CCN1CCOC(c2ccc(N)c(F)c2)C1. The highest BCUT2D eigenvalue weighted by molar-refractivity contribution is 5.41. The molecule has 1 aliphatic rings. The first kappa shape index (κ1) is 11.4. The van der Waals surface area contributed by atoms with Crippen LogP contribution in [0.1, 0.15) is 18.6 Å². The van der Waals surface area contributed by atoms with Gasteiger partial charge in [0.15, 0.2) is 0 Å². The first-order valence-corrected chi connectivity index (χ1v) is 5.59. The number of nitrogens with two attached hydrogens (primary N) is 1. The van der Waals surface area contributed by atoms with Crippen molar-refractivity contribution >= 4 is 5.69 Å². The zero-order chi connectivity index (χ0) is 11.5. The van der Waals surface area contributed by atoms with Crippen molar-refractivity contribution in [2.45, 2.75) is 13.0 Å². The van der Waals surface area contributed by atoms with Crippen LogP contribution in [-0.2, 0) is 4.74 Å². The van der Waals surface area contributed by atoms with E-state index in [0.29, 0.717) is 6.61 Å². The average molecular weight is 224 g/mol. The normalized spacial score (nSPS) is 22.2. The molecule has 1 saturated heterocycles. The van der Waals surface area contributed by atoms with Gasteiger partial charge in [-0.25, -0.2) is 4.39 Å². The van der Waals surface area contributed by atoms with Crippen molar-refractivity contribution < 1.29 is 9.13 Å². The van der Waals surface area contributed by atoms with Gasteiger partial charge in [-0.3, -0.25) is 4.90 Å². The standard InChI is InChI=1S/C12H17FN2O/c1-2-15-5-6-16-12(8-15)9-3-4-11(14)10(13)7-9/h3-4,7,12H,2,5-6,8,14H2,1H3. The summed E-state index contributed by atoms with van der Waals surface area (Å²) in [7, 11) is 0. The fraction of sp³-hybridized carbons (Fsp3) is 0.500. The van der Waals surface area contributed by atoms with E-state index in [1.165, 1.54) is 6.07 Å². The first-order chi connectivity index (χ1) is 7.70. The molecule has 3 nitrogen and oxygen atoms in total. The Labute approximate surface area is 95.0 Å². The molecule has 0 bridgehead atoms. The summed E-state index contributed by atoms with van der Waals surface area (Å²) in [6.07, 6.45) is -0.0381. The van der Waals surface area contributed by atoms with Crippen LogP contribution in [0.2, 0.25) is 0 Å². The Kier molecular flexibility index (Phi) is 3.41. The molecular formula is C12H17FN2O. The van der Waals surface area contributed by atoms with Crippen molar-refractivity contribution in [1.29, 1.82) is 0 Å². The predicted octanol–water partition coefficient (Wildman–Crippen LogP) is 1.80. The smallest absolute Gasteiger partial charge is 0.146 e. The van der Waals surface area contributed by atoms with Crippen LogP contribution in [0.3, 0.4) is 0 Å². The second-order valence-corrected chi connectivity index (χ2v) is 4.03. The highest BCUT2D eigenvalue weighted by Crippen LogP contribution is 2.24. The fourth-order valence-electron chi connectivity index (χ4n) is 1.94. The minimum atomic E-state index is -0.366. The van der Waals surface area contributed by atoms with Gasteiger partial charge in [0.25, 0.3) is 0 Å². The third kappa shape index (κ3) is 2.33. The van der Waals surface area contributed by atoms with E-state index in [4.69, 9.17) is 10.5 Å². The van der Waals surface area contributed by atoms with E-state index < -0.39 is 0 Å².